The first-order valence-corrected chi connectivity index (χ1v) is 9.68. The van der Waals surface area contributed by atoms with Crippen LogP contribution in [0.1, 0.15) is 17.2 Å². The van der Waals surface area contributed by atoms with Crippen LogP contribution >= 0.6 is 0 Å². The first-order chi connectivity index (χ1) is 14.9. The lowest BCUT2D eigenvalue weighted by molar-refractivity contribution is -0.384. The van der Waals surface area contributed by atoms with Crippen LogP contribution in [0.25, 0.3) is 6.08 Å². The second-order valence-corrected chi connectivity index (χ2v) is 7.65. The van der Waals surface area contributed by atoms with Crippen LogP contribution in [0.4, 0.5) is 11.4 Å². The minimum atomic E-state index is -0.968. The van der Waals surface area contributed by atoms with Crippen LogP contribution in [0.15, 0.2) is 54.7 Å². The maximum absolute atomic E-state index is 13.5. The van der Waals surface area contributed by atoms with Crippen molar-refractivity contribution in [2.45, 2.75) is 12.1 Å². The molecule has 3 aliphatic rings. The second-order valence-electron chi connectivity index (χ2n) is 7.65. The number of nitrogens with zero attached hydrogens (tertiary/aromatic N) is 3. The number of non-ortho nitro benzene ring substituents is 1. The van der Waals surface area contributed by atoms with E-state index in [-0.39, 0.29) is 11.4 Å². The Bertz CT molecular complexity index is 1180. The molecule has 3 heterocycles. The molecule has 156 valence electrons. The number of hydrogen-bond acceptors (Lipinski definition) is 7. The lowest BCUT2D eigenvalue weighted by Crippen LogP contribution is -2.44. The van der Waals surface area contributed by atoms with E-state index in [1.165, 1.54) is 31.4 Å². The highest BCUT2D eigenvalue weighted by Crippen LogP contribution is 2.53. The third-order valence-corrected chi connectivity index (χ3v) is 6.20. The zero-order valence-electron chi connectivity index (χ0n) is 16.4. The van der Waals surface area contributed by atoms with Crippen LogP contribution in [0.2, 0.25) is 0 Å². The van der Waals surface area contributed by atoms with Crippen molar-refractivity contribution in [2.75, 3.05) is 12.0 Å². The molecule has 0 aliphatic carbocycles. The van der Waals surface area contributed by atoms with E-state index in [1.807, 2.05) is 30.3 Å². The second kappa shape index (κ2) is 6.76. The third-order valence-electron chi connectivity index (χ3n) is 6.20. The highest BCUT2D eigenvalue weighted by atomic mass is 16.6. The van der Waals surface area contributed by atoms with Crippen molar-refractivity contribution in [2.24, 2.45) is 11.8 Å². The fourth-order valence-corrected chi connectivity index (χ4v) is 4.95. The minimum absolute atomic E-state index is 0.119. The molecule has 5 rings (SSSR count). The molecule has 9 heteroatoms. The Kier molecular flexibility index (Phi) is 4.14. The van der Waals surface area contributed by atoms with Gasteiger partial charge in [-0.15, -0.1) is 0 Å². The normalized spacial score (nSPS) is 25.8. The fraction of sp³-hybridized carbons (Fsp3) is 0.227. The number of imide groups is 1. The van der Waals surface area contributed by atoms with E-state index in [1.54, 1.807) is 11.1 Å². The van der Waals surface area contributed by atoms with Crippen LogP contribution in [-0.4, -0.2) is 40.8 Å². The molecular formula is C22H17N3O6. The number of ether oxygens (including phenoxy) is 1. The Morgan fingerprint density at radius 1 is 1.06 bits per heavy atom. The zero-order valence-corrected chi connectivity index (χ0v) is 16.4. The summed E-state index contributed by atoms with van der Waals surface area (Å²) in [5.41, 5.74) is 1.64. The van der Waals surface area contributed by atoms with Gasteiger partial charge in [-0.3, -0.25) is 19.7 Å². The number of methoxy groups -OCH3 is 1. The van der Waals surface area contributed by atoms with E-state index in [0.717, 1.165) is 16.0 Å². The summed E-state index contributed by atoms with van der Waals surface area (Å²) in [4.78, 5) is 53.0. The van der Waals surface area contributed by atoms with Gasteiger partial charge in [0.05, 0.1) is 35.6 Å². The molecule has 4 atom stereocenters. The van der Waals surface area contributed by atoms with Gasteiger partial charge in [-0.1, -0.05) is 30.3 Å². The number of nitro groups is 1. The first-order valence-electron chi connectivity index (χ1n) is 9.68. The molecule has 0 unspecified atom stereocenters. The molecule has 0 bridgehead atoms. The number of rotatable bonds is 3. The summed E-state index contributed by atoms with van der Waals surface area (Å²) >= 11 is 0. The van der Waals surface area contributed by atoms with Gasteiger partial charge in [0.1, 0.15) is 6.04 Å². The molecule has 2 amide bonds. The molecule has 2 saturated heterocycles. The average Bonchev–Trinajstić information content (AvgIpc) is 3.26. The van der Waals surface area contributed by atoms with E-state index in [2.05, 4.69) is 0 Å². The number of fused-ring (bicyclic) bond motifs is 5. The lowest BCUT2D eigenvalue weighted by Gasteiger charge is -2.34. The van der Waals surface area contributed by atoms with E-state index in [9.17, 15) is 24.5 Å². The van der Waals surface area contributed by atoms with E-state index in [0.29, 0.717) is 0 Å². The molecule has 0 radical (unpaired) electrons. The van der Waals surface area contributed by atoms with Crippen molar-refractivity contribution in [3.8, 4) is 0 Å². The molecule has 2 aromatic rings. The van der Waals surface area contributed by atoms with Crippen LogP contribution in [0, 0.1) is 22.0 Å². The Labute approximate surface area is 176 Å². The number of carbonyl (C=O) groups excluding carboxylic acids is 3. The van der Waals surface area contributed by atoms with Gasteiger partial charge in [0, 0.05) is 18.3 Å². The number of nitro benzene ring substituents is 1. The van der Waals surface area contributed by atoms with Crippen LogP contribution in [-0.2, 0) is 19.1 Å². The number of amides is 2. The van der Waals surface area contributed by atoms with Gasteiger partial charge >= 0.3 is 5.97 Å². The fourth-order valence-electron chi connectivity index (χ4n) is 4.95. The standard InChI is InChI=1S/C22H17N3O6/c1-31-22(28)19-17-16(18-15-8-3-2-5-12(15)9-10-23(18)19)20(26)24(21(17)27)13-6-4-7-14(11-13)25(29)30/h2-11,16-19H,1H3/t16-,17+,18-,19-/m0/s1. The minimum Gasteiger partial charge on any atom is -0.467 e. The Balaban J connectivity index is 1.64. The van der Waals surface area contributed by atoms with Gasteiger partial charge in [0.2, 0.25) is 11.8 Å². The molecule has 0 saturated carbocycles. The van der Waals surface area contributed by atoms with Crippen LogP contribution < -0.4 is 4.90 Å². The molecular weight excluding hydrogens is 402 g/mol. The van der Waals surface area contributed by atoms with Gasteiger partial charge in [0.25, 0.3) is 5.69 Å². The van der Waals surface area contributed by atoms with Gasteiger partial charge in [-0.05, 0) is 23.3 Å². The lowest BCUT2D eigenvalue weighted by atomic mass is 9.84. The summed E-state index contributed by atoms with van der Waals surface area (Å²) in [6.45, 7) is 0. The zero-order chi connectivity index (χ0) is 21.9. The summed E-state index contributed by atoms with van der Waals surface area (Å²) in [5, 5.41) is 11.2. The average molecular weight is 419 g/mol. The Morgan fingerprint density at radius 2 is 1.81 bits per heavy atom. The van der Waals surface area contributed by atoms with Crippen LogP contribution in [0.5, 0.6) is 0 Å². The number of esters is 1. The van der Waals surface area contributed by atoms with Gasteiger partial charge in [-0.25, -0.2) is 9.69 Å². The SMILES string of the molecule is COC(=O)[C@@H]1[C@@H]2C(=O)N(c3cccc([N+](=O)[O-])c3)C(=O)[C@@H]2[C@@H]2c3ccccc3C=CN12. The molecule has 0 spiro atoms. The van der Waals surface area contributed by atoms with E-state index in [4.69, 9.17) is 4.74 Å². The van der Waals surface area contributed by atoms with E-state index >= 15 is 0 Å². The molecule has 31 heavy (non-hydrogen) atoms. The molecule has 0 aromatic heterocycles. The van der Waals surface area contributed by atoms with Crippen LogP contribution in [0.3, 0.4) is 0 Å². The number of anilines is 1. The molecule has 3 aliphatic heterocycles. The molecule has 9 nitrogen and oxygen atoms in total. The predicted octanol–water partition coefficient (Wildman–Crippen LogP) is 2.28. The monoisotopic (exact) mass is 419 g/mol. The smallest absolute Gasteiger partial charge is 0.329 e. The first kappa shape index (κ1) is 19.0. The summed E-state index contributed by atoms with van der Waals surface area (Å²) in [5.74, 6) is -3.43. The quantitative estimate of drug-likeness (QED) is 0.325. The van der Waals surface area contributed by atoms with Gasteiger partial charge in [0.15, 0.2) is 0 Å². The molecule has 2 aromatic carbocycles. The maximum Gasteiger partial charge on any atom is 0.329 e. The highest BCUT2D eigenvalue weighted by Gasteiger charge is 2.65. The van der Waals surface area contributed by atoms with Gasteiger partial charge in [-0.2, -0.15) is 0 Å². The Morgan fingerprint density at radius 3 is 2.55 bits per heavy atom. The van der Waals surface area contributed by atoms with E-state index < -0.39 is 46.6 Å². The number of hydrogen-bond donors (Lipinski definition) is 0. The Hall–Kier alpha value is -4.01. The van der Waals surface area contributed by atoms with Crippen molar-refractivity contribution < 1.29 is 24.0 Å². The summed E-state index contributed by atoms with van der Waals surface area (Å²) in [6.07, 6.45) is 3.57. The molecule has 0 N–H and O–H groups in total. The third kappa shape index (κ3) is 2.59. The summed E-state index contributed by atoms with van der Waals surface area (Å²) < 4.78 is 4.97. The van der Waals surface area contributed by atoms with Crippen molar-refractivity contribution >= 4 is 35.2 Å². The summed E-state index contributed by atoms with van der Waals surface area (Å²) in [7, 11) is 1.24. The highest BCUT2D eigenvalue weighted by molar-refractivity contribution is 6.24. The summed E-state index contributed by atoms with van der Waals surface area (Å²) in [6, 6.07) is 11.4. The van der Waals surface area contributed by atoms with Crippen molar-refractivity contribution in [3.63, 3.8) is 0 Å². The topological polar surface area (TPSA) is 110 Å². The largest absolute Gasteiger partial charge is 0.467 e. The number of carbonyl (C=O) groups is 3. The maximum atomic E-state index is 13.5. The van der Waals surface area contributed by atoms with Crippen molar-refractivity contribution in [3.05, 3.63) is 76.0 Å². The van der Waals surface area contributed by atoms with Gasteiger partial charge < -0.3 is 9.64 Å². The number of benzene rings is 2. The van der Waals surface area contributed by atoms with Crippen molar-refractivity contribution in [1.29, 1.82) is 0 Å². The predicted molar refractivity (Wildman–Crippen MR) is 108 cm³/mol. The molecule has 2 fully saturated rings. The van der Waals surface area contributed by atoms with Crippen molar-refractivity contribution in [1.82, 2.24) is 4.90 Å².